The molecule has 0 N–H and O–H groups in total. The number of nitrogens with zero attached hydrogens (tertiary/aromatic N) is 4. The van der Waals surface area contributed by atoms with Crippen LogP contribution in [0.4, 0.5) is 0 Å². The van der Waals surface area contributed by atoms with Crippen LogP contribution in [0.5, 0.6) is 5.75 Å². The van der Waals surface area contributed by atoms with Gasteiger partial charge in [0.15, 0.2) is 17.5 Å². The summed E-state index contributed by atoms with van der Waals surface area (Å²) < 4.78 is 15.4. The Bertz CT molecular complexity index is 3300. The van der Waals surface area contributed by atoms with E-state index < -0.39 is 0 Å². The molecular formula is C51H32N4O2. The normalized spacial score (nSPS) is 14.8. The largest absolute Gasteiger partial charge is 0.485 e. The highest BCUT2D eigenvalue weighted by Gasteiger charge is 2.33. The molecule has 1 atom stereocenters. The van der Waals surface area contributed by atoms with Gasteiger partial charge in [-0.15, -0.1) is 0 Å². The Labute approximate surface area is 327 Å². The first-order valence-corrected chi connectivity index (χ1v) is 19.3. The molecule has 3 aromatic heterocycles. The molecule has 0 fully saturated rings. The maximum atomic E-state index is 6.77. The van der Waals surface area contributed by atoms with E-state index >= 15 is 0 Å². The quantitative estimate of drug-likeness (QED) is 0.176. The molecule has 4 heterocycles. The number of fused-ring (bicyclic) bond motifs is 9. The number of furan rings is 1. The van der Waals surface area contributed by atoms with E-state index in [4.69, 9.17) is 24.1 Å². The Hall–Kier alpha value is -7.57. The van der Waals surface area contributed by atoms with E-state index in [2.05, 4.69) is 120 Å². The Morgan fingerprint density at radius 2 is 1.19 bits per heavy atom. The Morgan fingerprint density at radius 1 is 0.491 bits per heavy atom. The molecule has 1 aliphatic heterocycles. The maximum Gasteiger partial charge on any atom is 0.164 e. The van der Waals surface area contributed by atoms with Gasteiger partial charge in [0.1, 0.15) is 23.0 Å². The van der Waals surface area contributed by atoms with Gasteiger partial charge in [-0.25, -0.2) is 15.0 Å². The summed E-state index contributed by atoms with van der Waals surface area (Å²) in [6.07, 6.45) is 4.81. The highest BCUT2D eigenvalue weighted by molar-refractivity contribution is 6.12. The smallest absolute Gasteiger partial charge is 0.164 e. The van der Waals surface area contributed by atoms with Crippen LogP contribution < -0.4 is 4.74 Å². The van der Waals surface area contributed by atoms with Crippen LogP contribution in [0, 0.1) is 0 Å². The van der Waals surface area contributed by atoms with Crippen molar-refractivity contribution >= 4 is 54.9 Å². The first kappa shape index (κ1) is 31.7. The van der Waals surface area contributed by atoms with E-state index in [1.54, 1.807) is 0 Å². The summed E-state index contributed by atoms with van der Waals surface area (Å²) in [5, 5.41) is 4.49. The second-order valence-corrected chi connectivity index (χ2v) is 14.7. The third kappa shape index (κ3) is 5.07. The standard InChI is InChI=1S/C51H32N4O2/c1-3-12-31(13-4-1)49-52-50(54-51(53-49)40-18-11-21-45-48(40)39-17-8-10-20-44(39)56-45)34-23-26-38-37-25-22-33(29-46(37)57-47(38)30-34)32-24-27-43-41(28-32)36-16-7-9-19-42(36)55(43)35-14-5-2-6-15-35/h1-29,47H,30H2. The molecule has 12 rings (SSSR count). The van der Waals surface area contributed by atoms with E-state index in [-0.39, 0.29) is 6.10 Å². The van der Waals surface area contributed by atoms with E-state index in [9.17, 15) is 0 Å². The number of allylic oxidation sites excluding steroid dienone is 2. The van der Waals surface area contributed by atoms with Crippen molar-refractivity contribution in [3.63, 3.8) is 0 Å². The van der Waals surface area contributed by atoms with Crippen LogP contribution in [0.3, 0.4) is 0 Å². The fourth-order valence-corrected chi connectivity index (χ4v) is 8.73. The van der Waals surface area contributed by atoms with Crippen LogP contribution in [0.1, 0.15) is 17.8 Å². The van der Waals surface area contributed by atoms with Gasteiger partial charge in [0, 0.05) is 61.5 Å². The summed E-state index contributed by atoms with van der Waals surface area (Å²) in [4.78, 5) is 15.3. The molecule has 0 saturated carbocycles. The van der Waals surface area contributed by atoms with Crippen LogP contribution in [-0.4, -0.2) is 25.6 Å². The molecule has 57 heavy (non-hydrogen) atoms. The summed E-state index contributed by atoms with van der Waals surface area (Å²) >= 11 is 0. The van der Waals surface area contributed by atoms with Crippen LogP contribution in [0.25, 0.3) is 94.5 Å². The molecule has 6 nitrogen and oxygen atoms in total. The van der Waals surface area contributed by atoms with Gasteiger partial charge in [0.05, 0.1) is 11.0 Å². The lowest BCUT2D eigenvalue weighted by Gasteiger charge is -2.19. The van der Waals surface area contributed by atoms with Crippen LogP contribution >= 0.6 is 0 Å². The number of ether oxygens (including phenoxy) is 1. The second kappa shape index (κ2) is 12.5. The molecule has 268 valence electrons. The number of para-hydroxylation sites is 3. The third-order valence-electron chi connectivity index (χ3n) is 11.4. The highest BCUT2D eigenvalue weighted by Crippen LogP contribution is 2.46. The van der Waals surface area contributed by atoms with Crippen molar-refractivity contribution in [3.8, 4) is 45.3 Å². The minimum Gasteiger partial charge on any atom is -0.485 e. The molecular weight excluding hydrogens is 701 g/mol. The molecule has 2 aliphatic rings. The molecule has 0 saturated heterocycles. The molecule has 1 unspecified atom stereocenters. The summed E-state index contributed by atoms with van der Waals surface area (Å²) in [7, 11) is 0. The van der Waals surface area contributed by atoms with Crippen molar-refractivity contribution in [1.82, 2.24) is 19.5 Å². The number of hydrogen-bond donors (Lipinski definition) is 0. The Kier molecular flexibility index (Phi) is 6.95. The number of rotatable bonds is 5. The SMILES string of the molecule is C1=C(c2nc(-c3ccccc3)nc(-c3cccc4oc5ccccc5c34)n2)CC2Oc3cc(-c4ccc5c(c4)c4ccccc4n5-c4ccccc4)ccc3C2=C1. The Balaban J connectivity index is 0.913. The zero-order chi connectivity index (χ0) is 37.5. The van der Waals surface area contributed by atoms with E-state index in [0.717, 1.165) is 66.8 Å². The molecule has 0 amide bonds. The lowest BCUT2D eigenvalue weighted by atomic mass is 9.91. The van der Waals surface area contributed by atoms with E-state index in [1.165, 1.54) is 27.4 Å². The summed E-state index contributed by atoms with van der Waals surface area (Å²) in [5.41, 5.74) is 12.6. The van der Waals surface area contributed by atoms with Crippen LogP contribution in [-0.2, 0) is 0 Å². The van der Waals surface area contributed by atoms with Crippen LogP contribution in [0.15, 0.2) is 180 Å². The number of benzene rings is 7. The van der Waals surface area contributed by atoms with Crippen molar-refractivity contribution < 1.29 is 9.15 Å². The van der Waals surface area contributed by atoms with Crippen molar-refractivity contribution in [2.75, 3.05) is 0 Å². The second-order valence-electron chi connectivity index (χ2n) is 14.7. The van der Waals surface area contributed by atoms with Crippen molar-refractivity contribution in [3.05, 3.63) is 187 Å². The summed E-state index contributed by atoms with van der Waals surface area (Å²) in [6, 6.07) is 56.9. The summed E-state index contributed by atoms with van der Waals surface area (Å²) in [6.45, 7) is 0. The molecule has 10 aromatic rings. The van der Waals surface area contributed by atoms with E-state index in [0.29, 0.717) is 23.9 Å². The predicted octanol–water partition coefficient (Wildman–Crippen LogP) is 12.5. The van der Waals surface area contributed by atoms with Crippen LogP contribution in [0.2, 0.25) is 0 Å². The minimum absolute atomic E-state index is 0.150. The van der Waals surface area contributed by atoms with Gasteiger partial charge < -0.3 is 13.7 Å². The van der Waals surface area contributed by atoms with Gasteiger partial charge in [-0.2, -0.15) is 0 Å². The van der Waals surface area contributed by atoms with Gasteiger partial charge >= 0.3 is 0 Å². The molecule has 7 aromatic carbocycles. The average molecular weight is 733 g/mol. The Morgan fingerprint density at radius 3 is 2.09 bits per heavy atom. The molecule has 6 heteroatoms. The lowest BCUT2D eigenvalue weighted by Crippen LogP contribution is -2.16. The van der Waals surface area contributed by atoms with Gasteiger partial charge in [0.2, 0.25) is 0 Å². The molecule has 1 aliphatic carbocycles. The van der Waals surface area contributed by atoms with Gasteiger partial charge in [-0.05, 0) is 59.7 Å². The zero-order valence-corrected chi connectivity index (χ0v) is 30.6. The molecule has 0 spiro atoms. The van der Waals surface area contributed by atoms with Gasteiger partial charge in [-0.3, -0.25) is 0 Å². The molecule has 0 bridgehead atoms. The van der Waals surface area contributed by atoms with Crippen molar-refractivity contribution in [2.24, 2.45) is 0 Å². The topological polar surface area (TPSA) is 66.0 Å². The monoisotopic (exact) mass is 732 g/mol. The van der Waals surface area contributed by atoms with Gasteiger partial charge in [-0.1, -0.05) is 127 Å². The van der Waals surface area contributed by atoms with Crippen molar-refractivity contribution in [2.45, 2.75) is 12.5 Å². The molecule has 0 radical (unpaired) electrons. The lowest BCUT2D eigenvalue weighted by molar-refractivity contribution is 0.281. The first-order valence-electron chi connectivity index (χ1n) is 19.3. The minimum atomic E-state index is -0.150. The van der Waals surface area contributed by atoms with E-state index in [1.807, 2.05) is 60.7 Å². The van der Waals surface area contributed by atoms with Crippen molar-refractivity contribution in [1.29, 1.82) is 0 Å². The summed E-state index contributed by atoms with van der Waals surface area (Å²) in [5.74, 6) is 2.77. The highest BCUT2D eigenvalue weighted by atomic mass is 16.5. The maximum absolute atomic E-state index is 6.77. The van der Waals surface area contributed by atoms with Gasteiger partial charge in [0.25, 0.3) is 0 Å². The third-order valence-corrected chi connectivity index (χ3v) is 11.4. The number of aromatic nitrogens is 4. The predicted molar refractivity (Wildman–Crippen MR) is 229 cm³/mol. The number of hydrogen-bond acceptors (Lipinski definition) is 5. The fourth-order valence-electron chi connectivity index (χ4n) is 8.73. The zero-order valence-electron chi connectivity index (χ0n) is 30.6. The first-order chi connectivity index (χ1) is 28.2. The fraction of sp³-hybridized carbons (Fsp3) is 0.0392. The average Bonchev–Trinajstić information content (AvgIpc) is 3.95.